The van der Waals surface area contributed by atoms with Crippen LogP contribution in [0, 0.1) is 13.8 Å². The second kappa shape index (κ2) is 4.72. The summed E-state index contributed by atoms with van der Waals surface area (Å²) in [5.41, 5.74) is 2.52. The zero-order valence-electron chi connectivity index (χ0n) is 11.8. The fourth-order valence-corrected chi connectivity index (χ4v) is 2.73. The Hall–Kier alpha value is -1.36. The number of hydrogen-bond donors (Lipinski definition) is 1. The quantitative estimate of drug-likeness (QED) is 0.804. The molecule has 2 atom stereocenters. The van der Waals surface area contributed by atoms with Crippen LogP contribution >= 0.6 is 0 Å². The highest BCUT2D eigenvalue weighted by atomic mass is 16.2. The zero-order valence-corrected chi connectivity index (χ0v) is 11.8. The van der Waals surface area contributed by atoms with Crippen molar-refractivity contribution in [2.45, 2.75) is 39.8 Å². The molecule has 0 bridgehead atoms. The number of nitrogens with one attached hydrogen (secondary N) is 1. The zero-order chi connectivity index (χ0) is 13.4. The maximum atomic E-state index is 12.6. The molecule has 1 fully saturated rings. The van der Waals surface area contributed by atoms with Crippen LogP contribution in [0.3, 0.4) is 0 Å². The highest BCUT2D eigenvalue weighted by Crippen LogP contribution is 2.16. The van der Waals surface area contributed by atoms with Gasteiger partial charge < -0.3 is 10.2 Å². The number of hydrogen-bond acceptors (Lipinski definition) is 3. The molecule has 5 heteroatoms. The Kier molecular flexibility index (Phi) is 3.43. The molecule has 1 aliphatic heterocycles. The van der Waals surface area contributed by atoms with Crippen molar-refractivity contribution in [2.24, 2.45) is 7.05 Å². The predicted octanol–water partition coefficient (Wildman–Crippen LogP) is 0.859. The van der Waals surface area contributed by atoms with Gasteiger partial charge in [-0.25, -0.2) is 0 Å². The van der Waals surface area contributed by atoms with Gasteiger partial charge in [0.15, 0.2) is 0 Å². The van der Waals surface area contributed by atoms with Gasteiger partial charge in [-0.2, -0.15) is 5.10 Å². The third-order valence-electron chi connectivity index (χ3n) is 3.57. The van der Waals surface area contributed by atoms with E-state index >= 15 is 0 Å². The van der Waals surface area contributed by atoms with Crippen molar-refractivity contribution in [1.29, 1.82) is 0 Å². The maximum Gasteiger partial charge on any atom is 0.257 e. The summed E-state index contributed by atoms with van der Waals surface area (Å²) in [5, 5.41) is 7.75. The van der Waals surface area contributed by atoms with Crippen LogP contribution in [0.1, 0.15) is 35.6 Å². The molecule has 0 radical (unpaired) electrons. The van der Waals surface area contributed by atoms with E-state index in [-0.39, 0.29) is 5.91 Å². The van der Waals surface area contributed by atoms with Gasteiger partial charge in [-0.3, -0.25) is 9.48 Å². The normalized spacial score (nSPS) is 24.4. The Morgan fingerprint density at radius 2 is 1.83 bits per heavy atom. The first kappa shape index (κ1) is 13.1. The Balaban J connectivity index is 2.25. The van der Waals surface area contributed by atoms with Gasteiger partial charge in [0, 0.05) is 37.9 Å². The van der Waals surface area contributed by atoms with Crippen LogP contribution in [0.5, 0.6) is 0 Å². The monoisotopic (exact) mass is 250 g/mol. The van der Waals surface area contributed by atoms with E-state index in [2.05, 4.69) is 24.3 Å². The van der Waals surface area contributed by atoms with Gasteiger partial charge in [-0.1, -0.05) is 0 Å². The van der Waals surface area contributed by atoms with Crippen molar-refractivity contribution in [2.75, 3.05) is 13.1 Å². The number of carbonyl (C=O) groups excluding carboxylic acids is 1. The van der Waals surface area contributed by atoms with Gasteiger partial charge in [0.25, 0.3) is 5.91 Å². The van der Waals surface area contributed by atoms with E-state index in [1.165, 1.54) is 0 Å². The minimum atomic E-state index is 0.110. The Morgan fingerprint density at radius 1 is 1.28 bits per heavy atom. The van der Waals surface area contributed by atoms with E-state index in [4.69, 9.17) is 0 Å². The van der Waals surface area contributed by atoms with Crippen molar-refractivity contribution in [3.05, 3.63) is 17.0 Å². The number of piperazine rings is 1. The van der Waals surface area contributed by atoms with Crippen LogP contribution in [0.2, 0.25) is 0 Å². The molecular weight excluding hydrogens is 228 g/mol. The van der Waals surface area contributed by atoms with Gasteiger partial charge in [-0.05, 0) is 27.7 Å². The summed E-state index contributed by atoms with van der Waals surface area (Å²) in [4.78, 5) is 14.5. The average Bonchev–Trinajstić information content (AvgIpc) is 2.51. The van der Waals surface area contributed by atoms with Crippen molar-refractivity contribution >= 4 is 5.91 Å². The van der Waals surface area contributed by atoms with Crippen molar-refractivity contribution < 1.29 is 4.79 Å². The second-order valence-electron chi connectivity index (χ2n) is 5.35. The molecule has 0 spiro atoms. The van der Waals surface area contributed by atoms with Gasteiger partial charge in [-0.15, -0.1) is 0 Å². The van der Waals surface area contributed by atoms with Crippen LogP contribution in [0.25, 0.3) is 0 Å². The van der Waals surface area contributed by atoms with Gasteiger partial charge in [0.05, 0.1) is 11.3 Å². The number of aryl methyl sites for hydroxylation is 2. The van der Waals surface area contributed by atoms with E-state index in [1.54, 1.807) is 4.68 Å². The van der Waals surface area contributed by atoms with Gasteiger partial charge in [0.2, 0.25) is 0 Å². The molecule has 5 nitrogen and oxygen atoms in total. The Bertz CT molecular complexity index is 456. The number of amides is 1. The van der Waals surface area contributed by atoms with Gasteiger partial charge in [0.1, 0.15) is 0 Å². The van der Waals surface area contributed by atoms with E-state index in [0.717, 1.165) is 30.0 Å². The van der Waals surface area contributed by atoms with Crippen molar-refractivity contribution in [3.8, 4) is 0 Å². The molecule has 0 aromatic carbocycles. The van der Waals surface area contributed by atoms with Crippen LogP contribution < -0.4 is 5.32 Å². The fraction of sp³-hybridized carbons (Fsp3) is 0.692. The molecule has 1 amide bonds. The third kappa shape index (κ3) is 2.27. The van der Waals surface area contributed by atoms with Crippen LogP contribution in [0.15, 0.2) is 0 Å². The summed E-state index contributed by atoms with van der Waals surface area (Å²) in [5.74, 6) is 0.110. The first-order valence-electron chi connectivity index (χ1n) is 6.45. The maximum absolute atomic E-state index is 12.6. The summed E-state index contributed by atoms with van der Waals surface area (Å²) in [6, 6.07) is 0.685. The molecular formula is C13H22N4O. The minimum Gasteiger partial charge on any atom is -0.335 e. The highest BCUT2D eigenvalue weighted by molar-refractivity contribution is 5.96. The lowest BCUT2D eigenvalue weighted by atomic mass is 10.1. The van der Waals surface area contributed by atoms with Crippen LogP contribution in [0.4, 0.5) is 0 Å². The van der Waals surface area contributed by atoms with E-state index in [1.807, 2.05) is 25.8 Å². The highest BCUT2D eigenvalue weighted by Gasteiger charge is 2.28. The van der Waals surface area contributed by atoms with Crippen LogP contribution in [-0.4, -0.2) is 45.8 Å². The first-order chi connectivity index (χ1) is 8.40. The largest absolute Gasteiger partial charge is 0.335 e. The van der Waals surface area contributed by atoms with Crippen molar-refractivity contribution in [1.82, 2.24) is 20.0 Å². The number of rotatable bonds is 1. The summed E-state index contributed by atoms with van der Waals surface area (Å²) in [6.07, 6.45) is 0. The lowest BCUT2D eigenvalue weighted by molar-refractivity contribution is 0.0672. The molecule has 2 heterocycles. The summed E-state index contributed by atoms with van der Waals surface area (Å²) >= 11 is 0. The van der Waals surface area contributed by atoms with Crippen LogP contribution in [-0.2, 0) is 7.05 Å². The predicted molar refractivity (Wildman–Crippen MR) is 70.6 cm³/mol. The summed E-state index contributed by atoms with van der Waals surface area (Å²) in [7, 11) is 1.88. The molecule has 0 aliphatic carbocycles. The van der Waals surface area contributed by atoms with E-state index < -0.39 is 0 Å². The topological polar surface area (TPSA) is 50.2 Å². The fourth-order valence-electron chi connectivity index (χ4n) is 2.73. The molecule has 1 aromatic rings. The number of nitrogens with zero attached hydrogens (tertiary/aromatic N) is 3. The molecule has 1 aliphatic rings. The Morgan fingerprint density at radius 3 is 2.28 bits per heavy atom. The second-order valence-corrected chi connectivity index (χ2v) is 5.35. The summed E-state index contributed by atoms with van der Waals surface area (Å²) in [6.45, 7) is 9.59. The lowest BCUT2D eigenvalue weighted by Crippen LogP contribution is -2.56. The molecule has 1 N–H and O–H groups in total. The molecule has 2 rings (SSSR count). The van der Waals surface area contributed by atoms with E-state index in [9.17, 15) is 4.79 Å². The molecule has 100 valence electrons. The third-order valence-corrected chi connectivity index (χ3v) is 3.57. The molecule has 1 aromatic heterocycles. The van der Waals surface area contributed by atoms with Crippen molar-refractivity contribution in [3.63, 3.8) is 0 Å². The number of carbonyl (C=O) groups is 1. The standard InChI is InChI=1S/C13H22N4O/c1-8-6-17(7-9(2)14-8)13(18)12-10(3)15-16(5)11(12)4/h8-9,14H,6-7H2,1-5H3. The SMILES string of the molecule is Cc1nn(C)c(C)c1C(=O)N1CC(C)NC(C)C1. The molecule has 18 heavy (non-hydrogen) atoms. The Labute approximate surface area is 108 Å². The lowest BCUT2D eigenvalue weighted by Gasteiger charge is -2.36. The number of aromatic nitrogens is 2. The smallest absolute Gasteiger partial charge is 0.257 e. The first-order valence-corrected chi connectivity index (χ1v) is 6.45. The summed E-state index contributed by atoms with van der Waals surface area (Å²) < 4.78 is 1.78. The molecule has 2 unspecified atom stereocenters. The average molecular weight is 250 g/mol. The van der Waals surface area contributed by atoms with E-state index in [0.29, 0.717) is 12.1 Å². The van der Waals surface area contributed by atoms with Gasteiger partial charge >= 0.3 is 0 Å². The molecule has 0 saturated carbocycles. The molecule has 1 saturated heterocycles. The minimum absolute atomic E-state index is 0.110.